The Morgan fingerprint density at radius 1 is 0.806 bits per heavy atom. The maximum Gasteiger partial charge on any atom is 0.508 e. The van der Waals surface area contributed by atoms with Crippen LogP contribution in [0.5, 0.6) is 0 Å². The fraction of sp³-hybridized carbons (Fsp3) is 0.897. The van der Waals surface area contributed by atoms with E-state index in [2.05, 4.69) is 23.6 Å². The summed E-state index contributed by atoms with van der Waals surface area (Å²) < 4.78 is 21.9. The number of hydrogen-bond acceptors (Lipinski definition) is 7. The van der Waals surface area contributed by atoms with Crippen molar-refractivity contribution in [2.24, 2.45) is 0 Å². The lowest BCUT2D eigenvalue weighted by atomic mass is 10.0. The monoisotopic (exact) mass is 512 g/mol. The third-order valence-electron chi connectivity index (χ3n) is 7.17. The molecule has 2 atom stereocenters. The average Bonchev–Trinajstić information content (AvgIpc) is 3.19. The highest BCUT2D eigenvalue weighted by atomic mass is 16.7. The summed E-state index contributed by atoms with van der Waals surface area (Å²) in [7, 11) is 3.63. The van der Waals surface area contributed by atoms with E-state index in [1.807, 2.05) is 26.4 Å². The number of ether oxygens (including phenoxy) is 4. The van der Waals surface area contributed by atoms with E-state index in [1.165, 1.54) is 83.5 Å². The Kier molecular flexibility index (Phi) is 18.6. The fourth-order valence-corrected chi connectivity index (χ4v) is 4.27. The van der Waals surface area contributed by atoms with Crippen molar-refractivity contribution in [1.82, 2.24) is 9.80 Å². The third kappa shape index (κ3) is 15.6. The van der Waals surface area contributed by atoms with Crippen LogP contribution in [0.2, 0.25) is 0 Å². The van der Waals surface area contributed by atoms with Crippen LogP contribution >= 0.6 is 0 Å². The van der Waals surface area contributed by atoms with Crippen LogP contribution in [0.25, 0.3) is 0 Å². The zero-order valence-corrected chi connectivity index (χ0v) is 24.1. The molecular formula is C29H56N2O5. The van der Waals surface area contributed by atoms with E-state index in [9.17, 15) is 4.79 Å². The second kappa shape index (κ2) is 20.6. The zero-order valence-electron chi connectivity index (χ0n) is 24.1. The SMILES string of the molecule is CCCCCCCCCCCCCCCCOCC(C)(COC(=O)OCCN1C=CN(C)C1C)OC. The number of unbranched alkanes of at least 4 members (excludes halogenated alkanes) is 13. The van der Waals surface area contributed by atoms with Crippen LogP contribution in [-0.2, 0) is 18.9 Å². The van der Waals surface area contributed by atoms with Crippen LogP contribution in [0.1, 0.15) is 111 Å². The maximum absolute atomic E-state index is 12.0. The lowest BCUT2D eigenvalue weighted by molar-refractivity contribution is -0.101. The Morgan fingerprint density at radius 2 is 1.36 bits per heavy atom. The molecule has 0 spiro atoms. The van der Waals surface area contributed by atoms with Gasteiger partial charge in [-0.25, -0.2) is 4.79 Å². The van der Waals surface area contributed by atoms with Crippen LogP contribution < -0.4 is 0 Å². The van der Waals surface area contributed by atoms with Crippen molar-refractivity contribution in [3.05, 3.63) is 12.4 Å². The molecule has 0 aliphatic carbocycles. The predicted molar refractivity (Wildman–Crippen MR) is 147 cm³/mol. The minimum atomic E-state index is -0.677. The van der Waals surface area contributed by atoms with Gasteiger partial charge in [-0.15, -0.1) is 0 Å². The van der Waals surface area contributed by atoms with E-state index in [4.69, 9.17) is 18.9 Å². The summed E-state index contributed by atoms with van der Waals surface area (Å²) in [6.07, 6.45) is 22.4. The van der Waals surface area contributed by atoms with Gasteiger partial charge >= 0.3 is 6.16 Å². The van der Waals surface area contributed by atoms with Crippen LogP contribution in [0.4, 0.5) is 4.79 Å². The number of methoxy groups -OCH3 is 1. The number of nitrogens with zero attached hydrogens (tertiary/aromatic N) is 2. The molecule has 7 nitrogen and oxygen atoms in total. The highest BCUT2D eigenvalue weighted by Gasteiger charge is 2.27. The molecule has 1 heterocycles. The summed E-state index contributed by atoms with van der Waals surface area (Å²) in [4.78, 5) is 16.2. The molecule has 0 radical (unpaired) electrons. The fourth-order valence-electron chi connectivity index (χ4n) is 4.27. The molecule has 0 aromatic carbocycles. The van der Waals surface area contributed by atoms with Gasteiger partial charge in [0.2, 0.25) is 0 Å². The second-order valence-electron chi connectivity index (χ2n) is 10.5. The summed E-state index contributed by atoms with van der Waals surface area (Å²) in [6.45, 7) is 8.36. The molecule has 0 fully saturated rings. The van der Waals surface area contributed by atoms with Crippen LogP contribution in [0.3, 0.4) is 0 Å². The lowest BCUT2D eigenvalue weighted by Gasteiger charge is -2.28. The van der Waals surface area contributed by atoms with Gasteiger partial charge in [-0.1, -0.05) is 90.4 Å². The summed E-state index contributed by atoms with van der Waals surface area (Å²) in [5, 5.41) is 0. The van der Waals surface area contributed by atoms with E-state index >= 15 is 0 Å². The normalized spacial score (nSPS) is 17.0. The van der Waals surface area contributed by atoms with Crippen molar-refractivity contribution >= 4 is 6.16 Å². The molecule has 212 valence electrons. The van der Waals surface area contributed by atoms with E-state index in [0.29, 0.717) is 19.8 Å². The second-order valence-corrected chi connectivity index (χ2v) is 10.5. The van der Waals surface area contributed by atoms with Crippen LogP contribution in [0.15, 0.2) is 12.4 Å². The van der Waals surface area contributed by atoms with E-state index in [0.717, 1.165) is 6.42 Å². The molecule has 1 aliphatic heterocycles. The Labute approximate surface area is 221 Å². The van der Waals surface area contributed by atoms with Gasteiger partial charge in [-0.3, -0.25) is 0 Å². The van der Waals surface area contributed by atoms with Crippen LogP contribution in [0, 0.1) is 0 Å². The molecule has 0 aromatic rings. The van der Waals surface area contributed by atoms with E-state index < -0.39 is 11.8 Å². The molecule has 0 saturated carbocycles. The van der Waals surface area contributed by atoms with Crippen molar-refractivity contribution in [3.8, 4) is 0 Å². The van der Waals surface area contributed by atoms with Gasteiger partial charge in [0.1, 0.15) is 18.8 Å². The molecule has 7 heteroatoms. The van der Waals surface area contributed by atoms with Gasteiger partial charge in [0.25, 0.3) is 0 Å². The molecule has 0 amide bonds. The van der Waals surface area contributed by atoms with Crippen molar-refractivity contribution in [1.29, 1.82) is 0 Å². The molecule has 1 rings (SSSR count). The molecule has 1 aliphatic rings. The Morgan fingerprint density at radius 3 is 1.86 bits per heavy atom. The first-order valence-corrected chi connectivity index (χ1v) is 14.5. The summed E-state index contributed by atoms with van der Waals surface area (Å²) in [6, 6.07) is 0. The quantitative estimate of drug-likeness (QED) is 0.107. The van der Waals surface area contributed by atoms with Crippen molar-refractivity contribution in [2.45, 2.75) is 122 Å². The van der Waals surface area contributed by atoms with Gasteiger partial charge in [0.15, 0.2) is 0 Å². The smallest absolute Gasteiger partial charge is 0.432 e. The Hall–Kier alpha value is -1.47. The zero-order chi connectivity index (χ0) is 26.5. The van der Waals surface area contributed by atoms with Crippen molar-refractivity contribution in [2.75, 3.05) is 47.1 Å². The summed E-state index contributed by atoms with van der Waals surface area (Å²) in [5.41, 5.74) is -0.677. The standard InChI is InChI=1S/C29H56N2O5/c1-6-7-8-9-10-11-12-13-14-15-16-17-18-19-23-34-25-29(3,33-5)26-36-28(32)35-24-22-31-21-20-30(4)27(31)2/h20-21,27H,6-19,22-26H2,1-5H3. The van der Waals surface area contributed by atoms with Gasteiger partial charge in [0, 0.05) is 33.2 Å². The van der Waals surface area contributed by atoms with Gasteiger partial charge in [0.05, 0.1) is 19.3 Å². The summed E-state index contributed by atoms with van der Waals surface area (Å²) in [5.74, 6) is 0. The highest BCUT2D eigenvalue weighted by Crippen LogP contribution is 2.15. The first-order valence-electron chi connectivity index (χ1n) is 14.5. The number of rotatable bonds is 23. The molecule has 36 heavy (non-hydrogen) atoms. The molecule has 0 bridgehead atoms. The van der Waals surface area contributed by atoms with Crippen molar-refractivity contribution in [3.63, 3.8) is 0 Å². The summed E-state index contributed by atoms with van der Waals surface area (Å²) >= 11 is 0. The maximum atomic E-state index is 12.0. The topological polar surface area (TPSA) is 60.5 Å². The molecule has 0 N–H and O–H groups in total. The van der Waals surface area contributed by atoms with Gasteiger partial charge in [-0.05, 0) is 20.3 Å². The van der Waals surface area contributed by atoms with Crippen molar-refractivity contribution < 1.29 is 23.7 Å². The number of carbonyl (C=O) groups is 1. The molecule has 0 aromatic heterocycles. The number of hydrogen-bond donors (Lipinski definition) is 0. The first-order chi connectivity index (χ1) is 17.4. The molecule has 0 saturated heterocycles. The number of carbonyl (C=O) groups excluding carboxylic acids is 1. The average molecular weight is 513 g/mol. The first kappa shape index (κ1) is 32.6. The minimum Gasteiger partial charge on any atom is -0.432 e. The highest BCUT2D eigenvalue weighted by molar-refractivity contribution is 5.59. The van der Waals surface area contributed by atoms with Gasteiger partial charge in [-0.2, -0.15) is 0 Å². The predicted octanol–water partition coefficient (Wildman–Crippen LogP) is 7.11. The van der Waals surface area contributed by atoms with E-state index in [1.54, 1.807) is 7.11 Å². The largest absolute Gasteiger partial charge is 0.508 e. The third-order valence-corrected chi connectivity index (χ3v) is 7.17. The molecule has 2 unspecified atom stereocenters. The Balaban J connectivity index is 1.94. The van der Waals surface area contributed by atoms with E-state index in [-0.39, 0.29) is 19.4 Å². The van der Waals surface area contributed by atoms with Gasteiger partial charge < -0.3 is 28.7 Å². The lowest BCUT2D eigenvalue weighted by Crippen LogP contribution is -2.40. The molecular weight excluding hydrogens is 456 g/mol. The minimum absolute atomic E-state index is 0.101. The van der Waals surface area contributed by atoms with Crippen LogP contribution in [-0.4, -0.2) is 74.9 Å². The Bertz CT molecular complexity index is 574.